The van der Waals surface area contributed by atoms with Crippen molar-refractivity contribution in [3.8, 4) is 39.1 Å². The van der Waals surface area contributed by atoms with E-state index in [9.17, 15) is 0 Å². The molecular weight excluding hydrogens is 927 g/mol. The molecular formula is C70H51N5O. The Labute approximate surface area is 440 Å². The van der Waals surface area contributed by atoms with Crippen molar-refractivity contribution in [3.63, 3.8) is 0 Å². The van der Waals surface area contributed by atoms with Crippen molar-refractivity contribution in [3.05, 3.63) is 265 Å². The van der Waals surface area contributed by atoms with Crippen LogP contribution in [0.3, 0.4) is 0 Å². The van der Waals surface area contributed by atoms with Gasteiger partial charge in [0.1, 0.15) is 23.0 Å². The molecule has 76 heavy (non-hydrogen) atoms. The number of nitrogens with one attached hydrogen (secondary N) is 2. The molecule has 0 saturated carbocycles. The third-order valence-corrected chi connectivity index (χ3v) is 15.2. The molecule has 10 aromatic carbocycles. The first-order valence-corrected chi connectivity index (χ1v) is 26.1. The van der Waals surface area contributed by atoms with E-state index < -0.39 is 0 Å². The summed E-state index contributed by atoms with van der Waals surface area (Å²) in [5.74, 6) is 0.389. The fourth-order valence-corrected chi connectivity index (χ4v) is 11.5. The molecule has 4 heterocycles. The van der Waals surface area contributed by atoms with Gasteiger partial charge in [-0.1, -0.05) is 164 Å². The molecule has 1 atom stereocenters. The number of hydrogen-bond donors (Lipinski definition) is 2. The topological polar surface area (TPSA) is 71.2 Å². The number of benzene rings is 10. The summed E-state index contributed by atoms with van der Waals surface area (Å²) in [7, 11) is 1.78. The van der Waals surface area contributed by atoms with E-state index >= 15 is 0 Å². The standard InChI is InChI=1S/C56H40N4O.C14H11N/c1-58-56(57)40-13-10-12-39(30-40)43-19-11-21-54-55(43)48-34-38(25-29-53(48)61-54)37-24-28-52-47(33-37)46-32-36(23-27-51(46)60(52)42-16-6-3-7-17-42)35-22-26-50-45(31-35)44-18-8-9-20-49(44)59(50)41-14-4-2-5-15-41;1-3-7-11(8-4-1)13-14(15-13)12-9-5-2-6-10-12/h3-4,6-34H,2,5H2,1H3,(H2,57,58);1-10,13H. The van der Waals surface area contributed by atoms with Gasteiger partial charge in [0.15, 0.2) is 0 Å². The first-order chi connectivity index (χ1) is 37.6. The summed E-state index contributed by atoms with van der Waals surface area (Å²) in [5.41, 5.74) is 20.2. The first-order valence-electron chi connectivity index (χ1n) is 26.1. The third kappa shape index (κ3) is 7.82. The van der Waals surface area contributed by atoms with Crippen molar-refractivity contribution >= 4 is 82.8 Å². The van der Waals surface area contributed by atoms with Gasteiger partial charge >= 0.3 is 0 Å². The lowest BCUT2D eigenvalue weighted by Crippen LogP contribution is -2.17. The number of nitrogens with zero attached hydrogens (tertiary/aromatic N) is 3. The van der Waals surface area contributed by atoms with E-state index in [-0.39, 0.29) is 0 Å². The summed E-state index contributed by atoms with van der Waals surface area (Å²) in [4.78, 5) is 4.51. The van der Waals surface area contributed by atoms with E-state index in [1.54, 1.807) is 7.05 Å². The summed E-state index contributed by atoms with van der Waals surface area (Å²) in [5, 5.41) is 18.5. The smallest absolute Gasteiger partial charge is 0.136 e. The predicted molar refractivity (Wildman–Crippen MR) is 318 cm³/mol. The molecule has 3 aromatic heterocycles. The fourth-order valence-electron chi connectivity index (χ4n) is 11.5. The number of aromatic nitrogens is 2. The largest absolute Gasteiger partial charge is 0.456 e. The van der Waals surface area contributed by atoms with Crippen LogP contribution < -0.4 is 5.32 Å². The third-order valence-electron chi connectivity index (χ3n) is 15.2. The molecule has 1 unspecified atom stereocenters. The van der Waals surface area contributed by atoms with Gasteiger partial charge in [0.25, 0.3) is 0 Å². The second kappa shape index (κ2) is 18.6. The highest BCUT2D eigenvalue weighted by molar-refractivity contribution is 6.16. The highest BCUT2D eigenvalue weighted by Gasteiger charge is 2.30. The number of rotatable bonds is 8. The van der Waals surface area contributed by atoms with Crippen molar-refractivity contribution in [2.75, 3.05) is 7.05 Å². The van der Waals surface area contributed by atoms with E-state index in [1.165, 1.54) is 77.3 Å². The molecule has 2 aliphatic rings. The number of hydrogen-bond acceptors (Lipinski definition) is 3. The predicted octanol–water partition coefficient (Wildman–Crippen LogP) is 17.8. The SMILES string of the molecule is CNC(=N)c1cccc(-c2cccc3oc4ccc(-c5ccc6c(c5)c5cc(-c7ccc8c(c7)c7ccccc7n8C7=CCCC=C7)ccc5n6-c5ccccc5)cc4c23)c1.c1ccc(C2=NC2c2ccccc2)cc1. The second-order valence-corrected chi connectivity index (χ2v) is 19.7. The van der Waals surface area contributed by atoms with E-state index in [1.807, 2.05) is 36.4 Å². The number of para-hydroxylation sites is 2. The molecule has 0 spiro atoms. The molecule has 6 nitrogen and oxygen atoms in total. The average molecular weight is 978 g/mol. The van der Waals surface area contributed by atoms with Gasteiger partial charge in [-0.15, -0.1) is 0 Å². The molecule has 0 fully saturated rings. The molecule has 6 heteroatoms. The Morgan fingerprint density at radius 2 is 1.07 bits per heavy atom. The minimum atomic E-state index is 0.300. The molecule has 362 valence electrons. The zero-order chi connectivity index (χ0) is 50.7. The lowest BCUT2D eigenvalue weighted by atomic mass is 9.95. The summed E-state index contributed by atoms with van der Waals surface area (Å²) in [6.45, 7) is 0. The van der Waals surface area contributed by atoms with Gasteiger partial charge < -0.3 is 18.9 Å². The van der Waals surface area contributed by atoms with Crippen LogP contribution in [0.4, 0.5) is 0 Å². The maximum absolute atomic E-state index is 8.39. The summed E-state index contributed by atoms with van der Waals surface area (Å²) in [6, 6.07) is 82.3. The van der Waals surface area contributed by atoms with Crippen molar-refractivity contribution in [1.29, 1.82) is 5.41 Å². The normalized spacial score (nSPS) is 14.0. The average Bonchev–Trinajstić information content (AvgIpc) is 4.03. The molecule has 0 radical (unpaired) electrons. The molecule has 1 aliphatic carbocycles. The van der Waals surface area contributed by atoms with Gasteiger partial charge in [-0.05, 0) is 142 Å². The van der Waals surface area contributed by atoms with E-state index in [2.05, 4.69) is 232 Å². The van der Waals surface area contributed by atoms with Crippen LogP contribution in [0.1, 0.15) is 35.6 Å². The van der Waals surface area contributed by atoms with Crippen LogP contribution in [-0.4, -0.2) is 27.7 Å². The highest BCUT2D eigenvalue weighted by Crippen LogP contribution is 2.43. The lowest BCUT2D eigenvalue weighted by molar-refractivity contribution is 0.669. The fraction of sp³-hybridized carbons (Fsp3) is 0.0571. The van der Waals surface area contributed by atoms with E-state index in [0.29, 0.717) is 11.9 Å². The Kier molecular flexibility index (Phi) is 11.0. The minimum absolute atomic E-state index is 0.300. The Balaban J connectivity index is 0.000000301. The Bertz CT molecular complexity index is 4510. The molecule has 0 amide bonds. The van der Waals surface area contributed by atoms with Gasteiger partial charge in [0, 0.05) is 56.3 Å². The summed E-state index contributed by atoms with van der Waals surface area (Å²) >= 11 is 0. The van der Waals surface area contributed by atoms with Crippen LogP contribution in [0.25, 0.3) is 110 Å². The summed E-state index contributed by atoms with van der Waals surface area (Å²) < 4.78 is 11.3. The van der Waals surface area contributed by atoms with Gasteiger partial charge in [-0.3, -0.25) is 10.4 Å². The van der Waals surface area contributed by atoms with Crippen molar-refractivity contribution < 1.29 is 4.42 Å². The zero-order valence-corrected chi connectivity index (χ0v) is 41.9. The van der Waals surface area contributed by atoms with Crippen LogP contribution >= 0.6 is 0 Å². The molecule has 0 bridgehead atoms. The molecule has 15 rings (SSSR count). The van der Waals surface area contributed by atoms with Crippen LogP contribution in [0.5, 0.6) is 0 Å². The van der Waals surface area contributed by atoms with E-state index in [0.717, 1.165) is 68.3 Å². The van der Waals surface area contributed by atoms with Gasteiger partial charge in [0.05, 0.1) is 27.8 Å². The number of allylic oxidation sites excluding steroid dienone is 4. The van der Waals surface area contributed by atoms with Crippen molar-refractivity contribution in [2.45, 2.75) is 18.9 Å². The minimum Gasteiger partial charge on any atom is -0.456 e. The van der Waals surface area contributed by atoms with Gasteiger partial charge in [0.2, 0.25) is 0 Å². The molecule has 1 aliphatic heterocycles. The van der Waals surface area contributed by atoms with Crippen LogP contribution in [0.15, 0.2) is 258 Å². The Morgan fingerprint density at radius 1 is 0.487 bits per heavy atom. The number of furan rings is 1. The maximum atomic E-state index is 8.39. The Morgan fingerprint density at radius 3 is 1.75 bits per heavy atom. The molecule has 0 saturated heterocycles. The number of aliphatic imine (C=N–C) groups is 1. The number of fused-ring (bicyclic) bond motifs is 9. The number of amidine groups is 1. The lowest BCUT2D eigenvalue weighted by Gasteiger charge is -2.12. The second-order valence-electron chi connectivity index (χ2n) is 19.7. The maximum Gasteiger partial charge on any atom is 0.136 e. The van der Waals surface area contributed by atoms with Crippen LogP contribution in [0, 0.1) is 5.41 Å². The molecule has 13 aromatic rings. The van der Waals surface area contributed by atoms with Gasteiger partial charge in [-0.2, -0.15) is 0 Å². The van der Waals surface area contributed by atoms with Gasteiger partial charge in [-0.25, -0.2) is 0 Å². The van der Waals surface area contributed by atoms with Crippen molar-refractivity contribution in [2.24, 2.45) is 4.99 Å². The van der Waals surface area contributed by atoms with E-state index in [4.69, 9.17) is 9.83 Å². The highest BCUT2D eigenvalue weighted by atomic mass is 16.3. The monoisotopic (exact) mass is 977 g/mol. The Hall–Kier alpha value is -9.78. The summed E-state index contributed by atoms with van der Waals surface area (Å²) in [6.07, 6.45) is 9.06. The first kappa shape index (κ1) is 44.9. The quantitative estimate of drug-likeness (QED) is 0.118. The van der Waals surface area contributed by atoms with Crippen LogP contribution in [-0.2, 0) is 0 Å². The molecule has 2 N–H and O–H groups in total. The zero-order valence-electron chi connectivity index (χ0n) is 41.9. The van der Waals surface area contributed by atoms with Crippen LogP contribution in [0.2, 0.25) is 0 Å². The van der Waals surface area contributed by atoms with Crippen molar-refractivity contribution in [1.82, 2.24) is 14.5 Å².